The van der Waals surface area contributed by atoms with E-state index in [1.54, 1.807) is 0 Å². The number of aliphatic hydroxyl groups is 1. The van der Waals surface area contributed by atoms with Crippen molar-refractivity contribution in [2.75, 3.05) is 6.61 Å². The smallest absolute Gasteiger partial charge is 0.463 e. The summed E-state index contributed by atoms with van der Waals surface area (Å²) in [6.45, 7) is 0.526. The van der Waals surface area contributed by atoms with E-state index in [-0.39, 0.29) is 0 Å². The molecule has 0 spiro atoms. The Balaban J connectivity index is 2.72. The van der Waals surface area contributed by atoms with Gasteiger partial charge in [-0.3, -0.25) is 8.98 Å². The highest BCUT2D eigenvalue weighted by Crippen LogP contribution is 2.30. The van der Waals surface area contributed by atoms with Gasteiger partial charge in [0.1, 0.15) is 18.8 Å². The van der Waals surface area contributed by atoms with Crippen molar-refractivity contribution in [2.45, 2.75) is 37.4 Å². The Morgan fingerprint density at radius 1 is 1.47 bits per heavy atom. The SMILES string of the molecule is CC(=O)OC[C@H]1O[C@H](O)C[C@@H]1OS(=O)(=O)C(F)(F)F. The van der Waals surface area contributed by atoms with Crippen molar-refractivity contribution in [1.29, 1.82) is 0 Å². The third-order valence-electron chi connectivity index (χ3n) is 2.17. The first-order valence-corrected chi connectivity index (χ1v) is 6.40. The van der Waals surface area contributed by atoms with Gasteiger partial charge in [-0.1, -0.05) is 0 Å². The summed E-state index contributed by atoms with van der Waals surface area (Å²) in [6, 6.07) is 0. The Morgan fingerprint density at radius 3 is 2.53 bits per heavy atom. The van der Waals surface area contributed by atoms with E-state index in [0.29, 0.717) is 0 Å². The molecule has 19 heavy (non-hydrogen) atoms. The second-order valence-corrected chi connectivity index (χ2v) is 5.27. The lowest BCUT2D eigenvalue weighted by molar-refractivity contribution is -0.152. The number of carbonyl (C=O) groups excluding carboxylic acids is 1. The second kappa shape index (κ2) is 5.61. The number of rotatable bonds is 4. The third-order valence-corrected chi connectivity index (χ3v) is 3.23. The summed E-state index contributed by atoms with van der Waals surface area (Å²) in [5, 5.41) is 9.12. The van der Waals surface area contributed by atoms with Crippen LogP contribution in [0.4, 0.5) is 13.2 Å². The molecule has 1 saturated heterocycles. The summed E-state index contributed by atoms with van der Waals surface area (Å²) in [4.78, 5) is 10.6. The van der Waals surface area contributed by atoms with Crippen LogP contribution in [0.25, 0.3) is 0 Å². The van der Waals surface area contributed by atoms with Crippen LogP contribution < -0.4 is 0 Å². The lowest BCUT2D eigenvalue weighted by Gasteiger charge is -2.18. The first-order chi connectivity index (χ1) is 8.53. The van der Waals surface area contributed by atoms with Gasteiger partial charge in [-0.15, -0.1) is 0 Å². The summed E-state index contributed by atoms with van der Waals surface area (Å²) >= 11 is 0. The van der Waals surface area contributed by atoms with Crippen LogP contribution in [0, 0.1) is 0 Å². The highest BCUT2D eigenvalue weighted by molar-refractivity contribution is 7.87. The molecule has 0 radical (unpaired) electrons. The molecule has 0 bridgehead atoms. The third kappa shape index (κ3) is 4.30. The van der Waals surface area contributed by atoms with Crippen LogP contribution in [0.1, 0.15) is 13.3 Å². The molecule has 3 atom stereocenters. The van der Waals surface area contributed by atoms with E-state index in [2.05, 4.69) is 8.92 Å². The molecule has 1 rings (SSSR count). The van der Waals surface area contributed by atoms with Gasteiger partial charge in [0.05, 0.1) is 0 Å². The molecule has 1 N–H and O–H groups in total. The maximum absolute atomic E-state index is 12.1. The maximum atomic E-state index is 12.1. The van der Waals surface area contributed by atoms with Crippen molar-refractivity contribution >= 4 is 16.1 Å². The quantitative estimate of drug-likeness (QED) is 0.439. The Bertz CT molecular complexity index is 432. The second-order valence-electron chi connectivity index (χ2n) is 3.70. The minimum Gasteiger partial charge on any atom is -0.463 e. The van der Waals surface area contributed by atoms with Crippen LogP contribution in [-0.4, -0.2) is 50.1 Å². The zero-order chi connectivity index (χ0) is 14.8. The van der Waals surface area contributed by atoms with Crippen LogP contribution >= 0.6 is 0 Å². The summed E-state index contributed by atoms with van der Waals surface area (Å²) < 4.78 is 71.1. The summed E-state index contributed by atoms with van der Waals surface area (Å²) in [5.74, 6) is -0.734. The van der Waals surface area contributed by atoms with Crippen LogP contribution in [0.2, 0.25) is 0 Å². The van der Waals surface area contributed by atoms with E-state index in [1.165, 1.54) is 0 Å². The van der Waals surface area contributed by atoms with Crippen LogP contribution in [0.3, 0.4) is 0 Å². The Labute approximate surface area is 106 Å². The van der Waals surface area contributed by atoms with E-state index in [0.717, 1.165) is 6.92 Å². The van der Waals surface area contributed by atoms with Gasteiger partial charge in [0.15, 0.2) is 6.29 Å². The van der Waals surface area contributed by atoms with Crippen molar-refractivity contribution in [3.05, 3.63) is 0 Å². The van der Waals surface area contributed by atoms with E-state index >= 15 is 0 Å². The fourth-order valence-electron chi connectivity index (χ4n) is 1.36. The molecule has 0 saturated carbocycles. The van der Waals surface area contributed by atoms with Crippen molar-refractivity contribution in [3.63, 3.8) is 0 Å². The number of esters is 1. The highest BCUT2D eigenvalue weighted by Gasteiger charge is 2.51. The molecule has 0 aromatic heterocycles. The Kier molecular flexibility index (Phi) is 4.76. The number of carbonyl (C=O) groups is 1. The van der Waals surface area contributed by atoms with E-state index < -0.39 is 53.1 Å². The summed E-state index contributed by atoms with van der Waals surface area (Å²) in [5.41, 5.74) is -5.58. The lowest BCUT2D eigenvalue weighted by atomic mass is 10.2. The molecule has 0 aliphatic carbocycles. The first-order valence-electron chi connectivity index (χ1n) is 4.99. The maximum Gasteiger partial charge on any atom is 0.523 e. The molecule has 7 nitrogen and oxygen atoms in total. The predicted molar refractivity (Wildman–Crippen MR) is 52.0 cm³/mol. The molecule has 0 amide bonds. The minimum absolute atomic E-state index is 0.485. The predicted octanol–water partition coefficient (Wildman–Crippen LogP) is -0.108. The molecule has 0 aromatic rings. The van der Waals surface area contributed by atoms with Crippen LogP contribution in [-0.2, 0) is 28.6 Å². The molecule has 1 fully saturated rings. The average Bonchev–Trinajstić information content (AvgIpc) is 2.53. The summed E-state index contributed by atoms with van der Waals surface area (Å²) in [6.07, 6.45) is -4.85. The standard InChI is InChI=1S/C8H11F3O7S/c1-4(12)16-3-6-5(2-7(13)17-6)18-19(14,15)8(9,10)11/h5-7,13H,2-3H2,1H3/t5-,6+,7-/m0/s1. The van der Waals surface area contributed by atoms with Crippen molar-refractivity contribution in [2.24, 2.45) is 0 Å². The fraction of sp³-hybridized carbons (Fsp3) is 0.875. The number of hydrogen-bond acceptors (Lipinski definition) is 7. The molecule has 1 aliphatic rings. The van der Waals surface area contributed by atoms with Gasteiger partial charge in [-0.2, -0.15) is 21.6 Å². The average molecular weight is 308 g/mol. The van der Waals surface area contributed by atoms with Crippen molar-refractivity contribution < 1.29 is 45.1 Å². The molecular formula is C8H11F3O7S. The molecule has 11 heteroatoms. The topological polar surface area (TPSA) is 99.1 Å². The zero-order valence-electron chi connectivity index (χ0n) is 9.59. The largest absolute Gasteiger partial charge is 0.523 e. The number of aliphatic hydroxyl groups excluding tert-OH is 1. The number of halogens is 3. The van der Waals surface area contributed by atoms with Gasteiger partial charge in [-0.05, 0) is 0 Å². The number of alkyl halides is 3. The number of hydrogen-bond donors (Lipinski definition) is 1. The van der Waals surface area contributed by atoms with Gasteiger partial charge >= 0.3 is 21.6 Å². The normalized spacial score (nSPS) is 28.4. The van der Waals surface area contributed by atoms with E-state index in [4.69, 9.17) is 9.84 Å². The lowest BCUT2D eigenvalue weighted by Crippen LogP contribution is -2.36. The molecule has 112 valence electrons. The van der Waals surface area contributed by atoms with Gasteiger partial charge in [0.25, 0.3) is 0 Å². The van der Waals surface area contributed by atoms with E-state index in [1.807, 2.05) is 0 Å². The molecule has 1 heterocycles. The van der Waals surface area contributed by atoms with Gasteiger partial charge in [0, 0.05) is 13.3 Å². The molecule has 0 aromatic carbocycles. The van der Waals surface area contributed by atoms with Crippen molar-refractivity contribution in [1.82, 2.24) is 0 Å². The Hall–Kier alpha value is -0.910. The molecule has 0 unspecified atom stereocenters. The van der Waals surface area contributed by atoms with Gasteiger partial charge < -0.3 is 14.6 Å². The highest BCUT2D eigenvalue weighted by atomic mass is 32.2. The molecule has 1 aliphatic heterocycles. The first kappa shape index (κ1) is 16.1. The molecular weight excluding hydrogens is 297 g/mol. The van der Waals surface area contributed by atoms with Crippen LogP contribution in [0.15, 0.2) is 0 Å². The van der Waals surface area contributed by atoms with Crippen molar-refractivity contribution in [3.8, 4) is 0 Å². The summed E-state index contributed by atoms with van der Waals surface area (Å²) in [7, 11) is -5.81. The van der Waals surface area contributed by atoms with Gasteiger partial charge in [0.2, 0.25) is 0 Å². The van der Waals surface area contributed by atoms with Gasteiger partial charge in [-0.25, -0.2) is 0 Å². The van der Waals surface area contributed by atoms with Crippen LogP contribution in [0.5, 0.6) is 0 Å². The minimum atomic E-state index is -5.81. The number of ether oxygens (including phenoxy) is 2. The zero-order valence-corrected chi connectivity index (χ0v) is 10.4. The van der Waals surface area contributed by atoms with E-state index in [9.17, 15) is 26.4 Å². The monoisotopic (exact) mass is 308 g/mol. The fourth-order valence-corrected chi connectivity index (χ4v) is 2.00. The Morgan fingerprint density at radius 2 is 2.05 bits per heavy atom.